The van der Waals surface area contributed by atoms with E-state index in [1.54, 1.807) is 0 Å². The number of carbonyl (C=O) groups excluding carboxylic acids is 3. The Hall–Kier alpha value is -2.11. The summed E-state index contributed by atoms with van der Waals surface area (Å²) in [5, 5.41) is 0. The van der Waals surface area contributed by atoms with Crippen LogP contribution in [0.2, 0.25) is 0 Å². The molecule has 0 bridgehead atoms. The summed E-state index contributed by atoms with van der Waals surface area (Å²) in [5.41, 5.74) is 0. The molecular weight excluding hydrogens is 793 g/mol. The van der Waals surface area contributed by atoms with Crippen LogP contribution in [-0.2, 0) is 28.6 Å². The van der Waals surface area contributed by atoms with Gasteiger partial charge in [-0.1, -0.05) is 263 Å². The van der Waals surface area contributed by atoms with E-state index in [1.165, 1.54) is 193 Å². The highest BCUT2D eigenvalue weighted by Crippen LogP contribution is 2.17. The molecule has 0 spiro atoms. The molecule has 64 heavy (non-hydrogen) atoms. The third-order valence-electron chi connectivity index (χ3n) is 12.7. The number of hydrogen-bond donors (Lipinski definition) is 0. The van der Waals surface area contributed by atoms with Crippen molar-refractivity contribution in [2.24, 2.45) is 0 Å². The minimum absolute atomic E-state index is 0.0702. The molecule has 0 aliphatic rings. The van der Waals surface area contributed by atoms with Crippen molar-refractivity contribution >= 4 is 17.9 Å². The summed E-state index contributed by atoms with van der Waals surface area (Å²) in [6.07, 6.45) is 61.6. The summed E-state index contributed by atoms with van der Waals surface area (Å²) in [5.74, 6) is -0.864. The van der Waals surface area contributed by atoms with E-state index in [0.29, 0.717) is 19.3 Å². The lowest BCUT2D eigenvalue weighted by molar-refractivity contribution is -0.167. The number of unbranched alkanes of at least 4 members (excludes halogenated alkanes) is 37. The third kappa shape index (κ3) is 50.9. The second-order valence-electron chi connectivity index (χ2n) is 19.2. The van der Waals surface area contributed by atoms with Gasteiger partial charge >= 0.3 is 17.9 Å². The Morgan fingerprint density at radius 1 is 0.312 bits per heavy atom. The fourth-order valence-corrected chi connectivity index (χ4v) is 8.42. The Morgan fingerprint density at radius 2 is 0.562 bits per heavy atom. The van der Waals surface area contributed by atoms with E-state index in [4.69, 9.17) is 14.2 Å². The molecule has 0 aliphatic heterocycles. The van der Waals surface area contributed by atoms with Gasteiger partial charge in [-0.05, 0) is 51.4 Å². The van der Waals surface area contributed by atoms with Gasteiger partial charge in [0.25, 0.3) is 0 Å². The number of esters is 3. The molecule has 6 nitrogen and oxygen atoms in total. The number of carbonyl (C=O) groups is 3. The standard InChI is InChI=1S/C58H108O6/c1-4-7-10-13-16-19-22-25-28-30-33-36-39-42-45-48-51-57(60)63-54-55(53-62-56(59)50-47-44-41-38-35-32-27-24-21-18-15-12-9-6-3)64-58(61)52-49-46-43-40-37-34-31-29-26-23-20-17-14-11-8-5-2/h19,22,28,30,55H,4-18,20-21,23-27,29,31-54H2,1-3H3/b22-19-,30-28-. The maximum absolute atomic E-state index is 12.8. The minimum Gasteiger partial charge on any atom is -0.462 e. The van der Waals surface area contributed by atoms with Crippen LogP contribution in [0.1, 0.15) is 310 Å². The van der Waals surface area contributed by atoms with E-state index in [2.05, 4.69) is 45.1 Å². The van der Waals surface area contributed by atoms with Crippen molar-refractivity contribution in [3.63, 3.8) is 0 Å². The van der Waals surface area contributed by atoms with E-state index in [0.717, 1.165) is 77.0 Å². The number of ether oxygens (including phenoxy) is 3. The summed E-state index contributed by atoms with van der Waals surface area (Å²) in [6, 6.07) is 0. The zero-order valence-electron chi connectivity index (χ0n) is 43.1. The number of hydrogen-bond acceptors (Lipinski definition) is 6. The van der Waals surface area contributed by atoms with Crippen LogP contribution in [0.3, 0.4) is 0 Å². The summed E-state index contributed by atoms with van der Waals surface area (Å²) in [6.45, 7) is 6.66. The maximum atomic E-state index is 12.8. The Labute approximate surface area is 398 Å². The number of allylic oxidation sites excluding steroid dienone is 4. The number of rotatable bonds is 52. The largest absolute Gasteiger partial charge is 0.462 e. The van der Waals surface area contributed by atoms with Crippen molar-refractivity contribution in [3.05, 3.63) is 24.3 Å². The molecule has 0 radical (unpaired) electrons. The van der Waals surface area contributed by atoms with Crippen LogP contribution in [0.4, 0.5) is 0 Å². The molecule has 0 heterocycles. The lowest BCUT2D eigenvalue weighted by Gasteiger charge is -2.18. The summed E-state index contributed by atoms with van der Waals surface area (Å²) >= 11 is 0. The quantitative estimate of drug-likeness (QED) is 0.0262. The highest BCUT2D eigenvalue weighted by Gasteiger charge is 2.19. The molecule has 0 saturated carbocycles. The van der Waals surface area contributed by atoms with E-state index >= 15 is 0 Å². The maximum Gasteiger partial charge on any atom is 0.306 e. The van der Waals surface area contributed by atoms with E-state index in [9.17, 15) is 14.4 Å². The van der Waals surface area contributed by atoms with Crippen LogP contribution in [0.5, 0.6) is 0 Å². The third-order valence-corrected chi connectivity index (χ3v) is 12.7. The van der Waals surface area contributed by atoms with Crippen molar-refractivity contribution < 1.29 is 28.6 Å². The fourth-order valence-electron chi connectivity index (χ4n) is 8.42. The van der Waals surface area contributed by atoms with Gasteiger partial charge in [-0.3, -0.25) is 14.4 Å². The van der Waals surface area contributed by atoms with Crippen molar-refractivity contribution in [2.45, 2.75) is 316 Å². The van der Waals surface area contributed by atoms with E-state index in [1.807, 2.05) is 0 Å². The molecule has 0 saturated heterocycles. The predicted molar refractivity (Wildman–Crippen MR) is 275 cm³/mol. The van der Waals surface area contributed by atoms with Gasteiger partial charge < -0.3 is 14.2 Å². The predicted octanol–water partition coefficient (Wildman–Crippen LogP) is 18.7. The molecule has 0 amide bonds. The van der Waals surface area contributed by atoms with Gasteiger partial charge in [-0.15, -0.1) is 0 Å². The van der Waals surface area contributed by atoms with Gasteiger partial charge in [-0.2, -0.15) is 0 Å². The first kappa shape index (κ1) is 61.9. The van der Waals surface area contributed by atoms with Crippen LogP contribution in [-0.4, -0.2) is 37.2 Å². The molecule has 0 aliphatic carbocycles. The normalized spacial score (nSPS) is 12.1. The zero-order valence-corrected chi connectivity index (χ0v) is 43.1. The zero-order chi connectivity index (χ0) is 46.5. The lowest BCUT2D eigenvalue weighted by atomic mass is 10.0. The van der Waals surface area contributed by atoms with Crippen LogP contribution in [0.25, 0.3) is 0 Å². The Morgan fingerprint density at radius 3 is 0.875 bits per heavy atom. The smallest absolute Gasteiger partial charge is 0.306 e. The molecule has 0 N–H and O–H groups in total. The summed E-state index contributed by atoms with van der Waals surface area (Å²) in [4.78, 5) is 38.1. The van der Waals surface area contributed by atoms with E-state index < -0.39 is 6.10 Å². The van der Waals surface area contributed by atoms with Gasteiger partial charge in [0.05, 0.1) is 0 Å². The van der Waals surface area contributed by atoms with Crippen LogP contribution < -0.4 is 0 Å². The summed E-state index contributed by atoms with van der Waals surface area (Å²) < 4.78 is 16.9. The fraction of sp³-hybridized carbons (Fsp3) is 0.879. The van der Waals surface area contributed by atoms with Crippen LogP contribution >= 0.6 is 0 Å². The van der Waals surface area contributed by atoms with Crippen molar-refractivity contribution in [1.82, 2.24) is 0 Å². The molecule has 0 fully saturated rings. The molecule has 376 valence electrons. The van der Waals surface area contributed by atoms with Crippen LogP contribution in [0, 0.1) is 0 Å². The highest BCUT2D eigenvalue weighted by molar-refractivity contribution is 5.71. The SMILES string of the molecule is CCCCCC/C=C\C/C=C\CCCCCCCC(=O)OCC(COC(=O)CCCCCCCCCCCCCCCC)OC(=O)CCCCCCCCCCCCCCCCCC. The van der Waals surface area contributed by atoms with Gasteiger partial charge in [0.1, 0.15) is 13.2 Å². The topological polar surface area (TPSA) is 78.9 Å². The second-order valence-corrected chi connectivity index (χ2v) is 19.2. The highest BCUT2D eigenvalue weighted by atomic mass is 16.6. The molecule has 1 unspecified atom stereocenters. The molecule has 6 heteroatoms. The Balaban J connectivity index is 4.35. The van der Waals surface area contributed by atoms with Crippen molar-refractivity contribution in [1.29, 1.82) is 0 Å². The molecule has 0 aromatic carbocycles. The first-order valence-electron chi connectivity index (χ1n) is 28.3. The average molecular weight is 901 g/mol. The minimum atomic E-state index is -0.771. The first-order chi connectivity index (χ1) is 31.5. The Bertz CT molecular complexity index is 1040. The van der Waals surface area contributed by atoms with Crippen molar-refractivity contribution in [2.75, 3.05) is 13.2 Å². The van der Waals surface area contributed by atoms with Gasteiger partial charge in [0.15, 0.2) is 6.10 Å². The first-order valence-corrected chi connectivity index (χ1v) is 28.3. The van der Waals surface area contributed by atoms with E-state index in [-0.39, 0.29) is 31.1 Å². The molecule has 0 rings (SSSR count). The summed E-state index contributed by atoms with van der Waals surface area (Å²) in [7, 11) is 0. The van der Waals surface area contributed by atoms with Gasteiger partial charge in [-0.25, -0.2) is 0 Å². The lowest BCUT2D eigenvalue weighted by Crippen LogP contribution is -2.30. The monoisotopic (exact) mass is 901 g/mol. The Kier molecular flexibility index (Phi) is 51.7. The second kappa shape index (κ2) is 53.5. The molecular formula is C58H108O6. The molecule has 1 atom stereocenters. The van der Waals surface area contributed by atoms with Crippen molar-refractivity contribution in [3.8, 4) is 0 Å². The van der Waals surface area contributed by atoms with Crippen LogP contribution in [0.15, 0.2) is 24.3 Å². The average Bonchev–Trinajstić information content (AvgIpc) is 3.29. The van der Waals surface area contributed by atoms with Gasteiger partial charge in [0, 0.05) is 19.3 Å². The molecule has 0 aromatic heterocycles. The molecule has 0 aromatic rings. The van der Waals surface area contributed by atoms with Gasteiger partial charge in [0.2, 0.25) is 0 Å².